The fourth-order valence-corrected chi connectivity index (χ4v) is 14.4. The van der Waals surface area contributed by atoms with Gasteiger partial charge in [-0.25, -0.2) is 0 Å². The molecule has 2 aliphatic heterocycles. The largest absolute Gasteiger partial charge is 0.413 e. The Morgan fingerprint density at radius 1 is 0.774 bits per heavy atom. The Morgan fingerprint density at radius 2 is 1.32 bits per heavy atom. The van der Waals surface area contributed by atoms with Gasteiger partial charge in [-0.3, -0.25) is 4.79 Å². The van der Waals surface area contributed by atoms with Gasteiger partial charge >= 0.3 is 0 Å². The Hall–Kier alpha value is -2.78. The van der Waals surface area contributed by atoms with Gasteiger partial charge in [0.05, 0.1) is 50.3 Å². The van der Waals surface area contributed by atoms with Gasteiger partial charge in [-0.1, -0.05) is 158 Å². The van der Waals surface area contributed by atoms with E-state index >= 15 is 0 Å². The third kappa shape index (κ3) is 12.9. The second kappa shape index (κ2) is 21.0. The van der Waals surface area contributed by atoms with Crippen molar-refractivity contribution in [2.24, 2.45) is 5.41 Å². The summed E-state index contributed by atoms with van der Waals surface area (Å²) in [4.78, 5) is 14.6. The van der Waals surface area contributed by atoms with Crippen LogP contribution < -0.4 is 10.4 Å². The predicted octanol–water partition coefficient (Wildman–Crippen LogP) is 10.3. The molecule has 3 aromatic rings. The lowest BCUT2D eigenvalue weighted by atomic mass is 9.76. The number of hydrogen-bond acceptors (Lipinski definition) is 8. The Balaban J connectivity index is 1.32. The molecule has 0 aromatic heterocycles. The third-order valence-corrected chi connectivity index (χ3v) is 23.0. The van der Waals surface area contributed by atoms with Gasteiger partial charge in [0.2, 0.25) is 0 Å². The molecule has 2 aliphatic rings. The number of Topliss-reactive ketones (excluding diaryl/α,β-unsaturated/α-hetero) is 1. The zero-order chi connectivity index (χ0) is 45.4. The Kier molecular flexibility index (Phi) is 17.0. The van der Waals surface area contributed by atoms with Gasteiger partial charge in [0.25, 0.3) is 8.32 Å². The molecular formula is C52H78O8Si2. The van der Waals surface area contributed by atoms with Crippen LogP contribution in [0.2, 0.25) is 23.2 Å². The smallest absolute Gasteiger partial charge is 0.261 e. The molecule has 8 nitrogen and oxygen atoms in total. The summed E-state index contributed by atoms with van der Waals surface area (Å²) < 4.78 is 40.1. The van der Waals surface area contributed by atoms with Crippen molar-refractivity contribution in [2.75, 3.05) is 19.8 Å². The van der Waals surface area contributed by atoms with Crippen molar-refractivity contribution in [1.29, 1.82) is 0 Å². The molecule has 5 rings (SSSR count). The lowest BCUT2D eigenvalue weighted by molar-refractivity contribution is -0.305. The van der Waals surface area contributed by atoms with Crippen LogP contribution in [0.25, 0.3) is 0 Å². The first-order chi connectivity index (χ1) is 29.1. The lowest BCUT2D eigenvalue weighted by Gasteiger charge is -2.45. The van der Waals surface area contributed by atoms with Crippen molar-refractivity contribution in [3.8, 4) is 0 Å². The SMILES string of the molecule is CC1(C)O[C@@H](C[C@H](OCc2ccccc2)C(C)(C)C(=O)C[C@@H]2C/C(=C/CO[Si](C)(C)C(C)(C)C)C[C@H](CO)O2)C[C@H](CCO[Si](c2ccccc2)(c2ccccc2)C(C)(C)C)O1. The highest BCUT2D eigenvalue weighted by Crippen LogP contribution is 2.40. The molecule has 5 atom stereocenters. The first-order valence-corrected chi connectivity index (χ1v) is 27.8. The van der Waals surface area contributed by atoms with E-state index in [9.17, 15) is 9.90 Å². The van der Waals surface area contributed by atoms with Crippen molar-refractivity contribution in [3.05, 3.63) is 108 Å². The molecule has 2 heterocycles. The van der Waals surface area contributed by atoms with Crippen LogP contribution >= 0.6 is 0 Å². The van der Waals surface area contributed by atoms with Gasteiger partial charge in [0, 0.05) is 31.3 Å². The first-order valence-electron chi connectivity index (χ1n) is 22.9. The number of carbonyl (C=O) groups excluding carboxylic acids is 1. The van der Waals surface area contributed by atoms with Crippen LogP contribution in [-0.2, 0) is 39.2 Å². The maximum atomic E-state index is 14.6. The van der Waals surface area contributed by atoms with Gasteiger partial charge in [0.1, 0.15) is 5.78 Å². The number of rotatable bonds is 19. The van der Waals surface area contributed by atoms with Crippen LogP contribution in [0, 0.1) is 5.41 Å². The van der Waals surface area contributed by atoms with E-state index in [-0.39, 0.29) is 53.3 Å². The van der Waals surface area contributed by atoms with Crippen molar-refractivity contribution < 1.29 is 37.7 Å². The molecule has 1 N–H and O–H groups in total. The molecule has 2 fully saturated rings. The Bertz CT molecular complexity index is 1830. The van der Waals surface area contributed by atoms with Crippen molar-refractivity contribution in [2.45, 2.75) is 174 Å². The summed E-state index contributed by atoms with van der Waals surface area (Å²) in [7, 11) is -4.65. The lowest BCUT2D eigenvalue weighted by Crippen LogP contribution is -2.66. The third-order valence-electron chi connectivity index (χ3n) is 13.5. The van der Waals surface area contributed by atoms with Gasteiger partial charge < -0.3 is 32.9 Å². The van der Waals surface area contributed by atoms with E-state index in [2.05, 4.69) is 134 Å². The van der Waals surface area contributed by atoms with E-state index in [4.69, 9.17) is 27.8 Å². The molecule has 0 aliphatic carbocycles. The topological polar surface area (TPSA) is 92.7 Å². The number of benzene rings is 3. The average molecular weight is 887 g/mol. The van der Waals surface area contributed by atoms with E-state index in [1.807, 2.05) is 45.9 Å². The minimum absolute atomic E-state index is 0.0672. The molecule has 0 unspecified atom stereocenters. The van der Waals surface area contributed by atoms with Crippen LogP contribution in [0.5, 0.6) is 0 Å². The van der Waals surface area contributed by atoms with Crippen molar-refractivity contribution in [1.82, 2.24) is 0 Å². The molecule has 0 amide bonds. The number of ether oxygens (including phenoxy) is 4. The number of aliphatic hydroxyl groups is 1. The standard InChI is InChI=1S/C52H78O8Si2/c1-49(2,3)61(11,12)56-30-28-40-32-42(58-44(33-40)37-53)35-47(54)51(7,8)48(55-38-39-22-16-13-17-23-39)36-43-34-41(59-52(9,10)60-43)29-31-57-62(50(4,5)6,45-24-18-14-19-25-45)46-26-20-15-21-27-46/h13-28,41-44,48,53H,29-38H2,1-12H3/b40-28-/t41-,42-,43+,44+,48-/m0/s1. The molecule has 0 radical (unpaired) electrons. The van der Waals surface area contributed by atoms with E-state index in [0.29, 0.717) is 51.9 Å². The maximum absolute atomic E-state index is 14.6. The predicted molar refractivity (Wildman–Crippen MR) is 256 cm³/mol. The van der Waals surface area contributed by atoms with Crippen LogP contribution in [0.1, 0.15) is 113 Å². The highest BCUT2D eigenvalue weighted by atomic mass is 28.4. The summed E-state index contributed by atoms with van der Waals surface area (Å²) in [5.41, 5.74) is 1.35. The fourth-order valence-electron chi connectivity index (χ4n) is 8.89. The van der Waals surface area contributed by atoms with Gasteiger partial charge in [0.15, 0.2) is 14.1 Å². The van der Waals surface area contributed by atoms with Crippen LogP contribution in [0.3, 0.4) is 0 Å². The highest BCUT2D eigenvalue weighted by molar-refractivity contribution is 6.99. The second-order valence-corrected chi connectivity index (χ2v) is 30.3. The quantitative estimate of drug-likeness (QED) is 0.0940. The van der Waals surface area contributed by atoms with Crippen LogP contribution in [-0.4, -0.2) is 83.7 Å². The van der Waals surface area contributed by atoms with Gasteiger partial charge in [-0.15, -0.1) is 0 Å². The van der Waals surface area contributed by atoms with E-state index in [1.165, 1.54) is 15.9 Å². The minimum Gasteiger partial charge on any atom is -0.413 e. The monoisotopic (exact) mass is 887 g/mol. The van der Waals surface area contributed by atoms with Gasteiger partial charge in [-0.2, -0.15) is 0 Å². The minimum atomic E-state index is -2.72. The van der Waals surface area contributed by atoms with Gasteiger partial charge in [-0.05, 0) is 72.2 Å². The van der Waals surface area contributed by atoms with Crippen molar-refractivity contribution in [3.63, 3.8) is 0 Å². The summed E-state index contributed by atoms with van der Waals surface area (Å²) in [5, 5.41) is 12.7. The van der Waals surface area contributed by atoms with Crippen molar-refractivity contribution >= 4 is 32.8 Å². The molecule has 0 saturated carbocycles. The molecular weight excluding hydrogens is 809 g/mol. The number of ketones is 1. The zero-order valence-corrected chi connectivity index (χ0v) is 42.0. The van der Waals surface area contributed by atoms with Crippen LogP contribution in [0.15, 0.2) is 103 Å². The molecule has 0 bridgehead atoms. The summed E-state index contributed by atoms with van der Waals surface area (Å²) in [5.74, 6) is -0.771. The normalized spacial score (nSPS) is 22.7. The molecule has 10 heteroatoms. The summed E-state index contributed by atoms with van der Waals surface area (Å²) >= 11 is 0. The fraction of sp³-hybridized carbons (Fsp3) is 0.596. The highest BCUT2D eigenvalue weighted by Gasteiger charge is 2.50. The van der Waals surface area contributed by atoms with E-state index in [1.54, 1.807) is 0 Å². The maximum Gasteiger partial charge on any atom is 0.261 e. The zero-order valence-electron chi connectivity index (χ0n) is 40.0. The summed E-state index contributed by atoms with van der Waals surface area (Å²) in [6, 6.07) is 31.6. The molecule has 2 saturated heterocycles. The van der Waals surface area contributed by atoms with Crippen LogP contribution in [0.4, 0.5) is 0 Å². The van der Waals surface area contributed by atoms with E-state index in [0.717, 1.165) is 5.56 Å². The summed E-state index contributed by atoms with van der Waals surface area (Å²) in [6.07, 6.45) is 4.02. The number of hydrogen-bond donors (Lipinski definition) is 1. The Labute approximate surface area is 376 Å². The van der Waals surface area contributed by atoms with E-state index < -0.39 is 33.9 Å². The molecule has 0 spiro atoms. The molecule has 62 heavy (non-hydrogen) atoms. The number of aliphatic hydroxyl groups excluding tert-OH is 1. The number of carbonyl (C=O) groups is 1. The molecule has 3 aromatic carbocycles. The summed E-state index contributed by atoms with van der Waals surface area (Å²) in [6.45, 7) is 27.4. The Morgan fingerprint density at radius 3 is 1.87 bits per heavy atom. The first kappa shape index (κ1) is 50.2. The molecule has 342 valence electrons. The average Bonchev–Trinajstić information content (AvgIpc) is 3.20. The second-order valence-electron chi connectivity index (χ2n) is 21.2.